The second kappa shape index (κ2) is 11.4. The molecule has 0 amide bonds. The topological polar surface area (TPSA) is 124 Å². The van der Waals surface area contributed by atoms with Gasteiger partial charge in [-0.25, -0.2) is 9.13 Å². The third-order valence-electron chi connectivity index (χ3n) is 0.213. The Morgan fingerprint density at radius 1 is 0.846 bits per heavy atom. The molecule has 0 fully saturated rings. The van der Waals surface area contributed by atoms with Crippen molar-refractivity contribution in [2.75, 3.05) is 0 Å². The van der Waals surface area contributed by atoms with Crippen LogP contribution in [0.5, 0.6) is 0 Å². The molecule has 13 heavy (non-hydrogen) atoms. The molecule has 0 aromatic heterocycles. The summed E-state index contributed by atoms with van der Waals surface area (Å²) < 4.78 is 22.2. The maximum absolute atomic E-state index is 9.63. The molecule has 2 radical (unpaired) electrons. The summed E-state index contributed by atoms with van der Waals surface area (Å²) >= 11 is 0. The average Bonchev–Trinajstić information content (AvgIpc) is 1.14. The molecule has 13 heteroatoms. The van der Waals surface area contributed by atoms with Crippen LogP contribution in [-0.2, 0) is 50.6 Å². The number of phosphoric acid groups is 2. The van der Waals surface area contributed by atoms with Gasteiger partial charge in [-0.15, -0.1) is 0 Å². The van der Waals surface area contributed by atoms with E-state index < -0.39 is 15.6 Å². The van der Waals surface area contributed by atoms with E-state index in [1.807, 2.05) is 0 Å². The minimum absolute atomic E-state index is 0. The fourth-order valence-corrected chi connectivity index (χ4v) is 1.25. The van der Waals surface area contributed by atoms with Crippen molar-refractivity contribution in [1.29, 1.82) is 0 Å². The standard InChI is InChI=1S/2Mg.H4O7P2.2V.4H/c;;1-8(2,3)7-9(4,5)6;;;;;;/h;;(H2,1,2,3)(H2,4,5,6);;;;;;/q2*+2;;;;4*-1. The van der Waals surface area contributed by atoms with Gasteiger partial charge in [-0.3, -0.25) is 0 Å². The third-order valence-corrected chi connectivity index (χ3v) is 1.91. The van der Waals surface area contributed by atoms with Crippen LogP contribution >= 0.6 is 15.6 Å². The van der Waals surface area contributed by atoms with E-state index in [4.69, 9.17) is 19.6 Å². The Morgan fingerprint density at radius 3 is 1.00 bits per heavy atom. The Hall–Kier alpha value is 2.96. The Balaban J connectivity index is -0.0000000114. The summed E-state index contributed by atoms with van der Waals surface area (Å²) in [5, 5.41) is 0. The van der Waals surface area contributed by atoms with Crippen molar-refractivity contribution in [3.05, 3.63) is 0 Å². The molecule has 0 aliphatic heterocycles. The van der Waals surface area contributed by atoms with Gasteiger partial charge in [0, 0.05) is 37.1 Å². The van der Waals surface area contributed by atoms with Crippen molar-refractivity contribution in [1.82, 2.24) is 0 Å². The van der Waals surface area contributed by atoms with E-state index in [1.54, 1.807) is 0 Å². The summed E-state index contributed by atoms with van der Waals surface area (Å²) in [5.41, 5.74) is 0. The van der Waals surface area contributed by atoms with Gasteiger partial charge in [0.2, 0.25) is 0 Å². The molecule has 0 heterocycles. The zero-order valence-corrected chi connectivity index (χ0v) is 13.6. The molecule has 74 valence electrons. The van der Waals surface area contributed by atoms with Crippen LogP contribution < -0.4 is 0 Å². The Labute approximate surface area is 136 Å². The van der Waals surface area contributed by atoms with Crippen molar-refractivity contribution in [2.45, 2.75) is 0 Å². The fraction of sp³-hybridized carbons (Fsp3) is 0. The van der Waals surface area contributed by atoms with Crippen LogP contribution in [0.3, 0.4) is 0 Å². The Morgan fingerprint density at radius 2 is 1.00 bits per heavy atom. The van der Waals surface area contributed by atoms with Gasteiger partial charge in [-0.2, -0.15) is 4.31 Å². The molecule has 0 spiro atoms. The first kappa shape index (κ1) is 29.7. The van der Waals surface area contributed by atoms with Crippen LogP contribution in [0.25, 0.3) is 0 Å². The molecule has 0 unspecified atom stereocenters. The summed E-state index contributed by atoms with van der Waals surface area (Å²) in [6.45, 7) is 0. The van der Waals surface area contributed by atoms with E-state index >= 15 is 0 Å². The number of rotatable bonds is 2. The molecule has 0 aliphatic rings. The van der Waals surface area contributed by atoms with Gasteiger partial charge in [0.05, 0.1) is 0 Å². The minimum Gasteiger partial charge on any atom is -1.00 e. The molecule has 7 nitrogen and oxygen atoms in total. The predicted octanol–water partition coefficient (Wildman–Crippen LogP) is -1.13. The van der Waals surface area contributed by atoms with Crippen molar-refractivity contribution in [3.63, 3.8) is 0 Å². The van der Waals surface area contributed by atoms with Crippen LogP contribution in [0.4, 0.5) is 0 Å². The Kier molecular flexibility index (Phi) is 26.2. The zero-order valence-electron chi connectivity index (χ0n) is 10.2. The van der Waals surface area contributed by atoms with Crippen molar-refractivity contribution >= 4 is 61.8 Å². The van der Waals surface area contributed by atoms with Gasteiger partial charge in [0.15, 0.2) is 0 Å². The second-order valence-electron chi connectivity index (χ2n) is 1.06. The van der Waals surface area contributed by atoms with E-state index in [1.165, 1.54) is 0 Å². The van der Waals surface area contributed by atoms with E-state index in [9.17, 15) is 9.13 Å². The summed E-state index contributed by atoms with van der Waals surface area (Å²) in [6.07, 6.45) is 0. The summed E-state index contributed by atoms with van der Waals surface area (Å²) in [7, 11) is -10.1. The SMILES string of the molecule is O=P(O)(O)OP(=O)(O)O.[H-].[H-].[H-].[H-].[Mg+2].[Mg+2].[V].[V]. The summed E-state index contributed by atoms with van der Waals surface area (Å²) in [4.78, 5) is 31.0. The molecule has 0 aromatic rings. The fourth-order valence-electron chi connectivity index (χ4n) is 0.139. The minimum atomic E-state index is -5.05. The maximum Gasteiger partial charge on any atom is 2.00 e. The molecule has 0 aliphatic carbocycles. The smallest absolute Gasteiger partial charge is 1.00 e. The van der Waals surface area contributed by atoms with Gasteiger partial charge in [0.1, 0.15) is 0 Å². The summed E-state index contributed by atoms with van der Waals surface area (Å²) in [5.74, 6) is 0. The number of hydrogen-bond acceptors (Lipinski definition) is 3. The first-order chi connectivity index (χ1) is 3.71. The Bertz CT molecular complexity index is 176. The molecule has 0 atom stereocenters. The second-order valence-corrected chi connectivity index (χ2v) is 3.68. The summed E-state index contributed by atoms with van der Waals surface area (Å²) in [6, 6.07) is 0. The van der Waals surface area contributed by atoms with Gasteiger partial charge in [-0.1, -0.05) is 0 Å². The molecule has 0 rings (SSSR count). The first-order valence-electron chi connectivity index (χ1n) is 1.53. The van der Waals surface area contributed by atoms with E-state index in [0.29, 0.717) is 0 Å². The molecule has 0 bridgehead atoms. The van der Waals surface area contributed by atoms with E-state index in [2.05, 4.69) is 4.31 Å². The molecule has 0 aromatic carbocycles. The first-order valence-corrected chi connectivity index (χ1v) is 4.59. The third kappa shape index (κ3) is 31.3. The van der Waals surface area contributed by atoms with Crippen molar-refractivity contribution in [2.24, 2.45) is 0 Å². The average molecular weight is 333 g/mol. The van der Waals surface area contributed by atoms with Crippen LogP contribution in [0.1, 0.15) is 5.71 Å². The number of hydrogen-bond donors (Lipinski definition) is 4. The van der Waals surface area contributed by atoms with Crippen LogP contribution in [0.2, 0.25) is 0 Å². The van der Waals surface area contributed by atoms with Crippen molar-refractivity contribution < 1.29 is 75.8 Å². The van der Waals surface area contributed by atoms with Crippen molar-refractivity contribution in [3.8, 4) is 0 Å². The molecular formula is H8Mg2O7P2V2. The van der Waals surface area contributed by atoms with Gasteiger partial charge < -0.3 is 25.3 Å². The normalized spacial score (nSPS) is 9.54. The zero-order chi connectivity index (χ0) is 7.71. The van der Waals surface area contributed by atoms with Gasteiger partial charge >= 0.3 is 61.8 Å². The predicted molar refractivity (Wildman–Crippen MR) is 41.1 cm³/mol. The van der Waals surface area contributed by atoms with Crippen LogP contribution in [-0.4, -0.2) is 65.7 Å². The van der Waals surface area contributed by atoms with E-state index in [-0.39, 0.29) is 88.9 Å². The molecule has 0 saturated carbocycles. The molecular weight excluding hydrogens is 324 g/mol. The molecule has 0 saturated heterocycles. The molecule has 4 N–H and O–H groups in total. The maximum atomic E-state index is 9.63. The van der Waals surface area contributed by atoms with E-state index in [0.717, 1.165) is 0 Å². The van der Waals surface area contributed by atoms with Crippen LogP contribution in [0, 0.1) is 0 Å². The largest absolute Gasteiger partial charge is 2.00 e. The van der Waals surface area contributed by atoms with Gasteiger partial charge in [-0.05, 0) is 0 Å². The quantitative estimate of drug-likeness (QED) is 0.372. The van der Waals surface area contributed by atoms with Crippen LogP contribution in [0.15, 0.2) is 0 Å². The van der Waals surface area contributed by atoms with Gasteiger partial charge in [0.25, 0.3) is 0 Å². The monoisotopic (exact) mass is 332 g/mol.